The van der Waals surface area contributed by atoms with Crippen molar-refractivity contribution in [1.29, 1.82) is 0 Å². The number of β-amino-alcohol motifs (C(OH)–C–C–N with tert-alkyl or cyclic N) is 1. The van der Waals surface area contributed by atoms with Crippen molar-refractivity contribution >= 4 is 18.2 Å². The summed E-state index contributed by atoms with van der Waals surface area (Å²) < 4.78 is 17.7. The summed E-state index contributed by atoms with van der Waals surface area (Å²) in [6.07, 6.45) is 18.4. The molecule has 3 fully saturated rings. The zero-order valence-electron chi connectivity index (χ0n) is 30.8. The molecule has 3 heterocycles. The Hall–Kier alpha value is -2.85. The van der Waals surface area contributed by atoms with Gasteiger partial charge in [0.1, 0.15) is 12.2 Å². The normalized spacial score (nSPS) is 31.7. The van der Waals surface area contributed by atoms with Crippen LogP contribution in [0.1, 0.15) is 98.8 Å². The van der Waals surface area contributed by atoms with Gasteiger partial charge >= 0.3 is 18.2 Å². The van der Waals surface area contributed by atoms with Crippen LogP contribution < -0.4 is 0 Å². The lowest BCUT2D eigenvalue weighted by molar-refractivity contribution is -0.149. The van der Waals surface area contributed by atoms with Crippen molar-refractivity contribution in [2.24, 2.45) is 23.7 Å². The van der Waals surface area contributed by atoms with Gasteiger partial charge in [-0.15, -0.1) is 0 Å². The highest BCUT2D eigenvalue weighted by Crippen LogP contribution is 2.27. The minimum Gasteiger partial charge on any atom is -0.457 e. The predicted molar refractivity (Wildman–Crippen MR) is 191 cm³/mol. The maximum absolute atomic E-state index is 13.4. The maximum atomic E-state index is 13.4. The number of allylic oxidation sites excluding steroid dienone is 2. The van der Waals surface area contributed by atoms with E-state index in [4.69, 9.17) is 14.2 Å². The van der Waals surface area contributed by atoms with Crippen molar-refractivity contribution in [2.45, 2.75) is 123 Å². The first-order valence-electron chi connectivity index (χ1n) is 19.0. The SMILES string of the molecule is C/C(=C\C=C\[C@@H](C)COC(=O)N1CC[C@@H](O)C1)[C@H]1OC(=O)C[C@H](C)CC[C@H](C)[C@@H](OC(=O)N2CCN(C3CCCCCC3)CC2)/C=C/[C@@H]1C. The van der Waals surface area contributed by atoms with Crippen LogP contribution in [0.5, 0.6) is 0 Å². The number of cyclic esters (lactones) is 1. The summed E-state index contributed by atoms with van der Waals surface area (Å²) >= 11 is 0. The third-order valence-corrected chi connectivity index (χ3v) is 10.8. The van der Waals surface area contributed by atoms with Gasteiger partial charge in [0.05, 0.1) is 12.7 Å². The molecular formula is C39H63N3O7. The van der Waals surface area contributed by atoms with Crippen LogP contribution >= 0.6 is 0 Å². The number of rotatable bonds is 7. The Morgan fingerprint density at radius 1 is 0.939 bits per heavy atom. The number of esters is 1. The van der Waals surface area contributed by atoms with Crippen LogP contribution in [-0.4, -0.2) is 108 Å². The van der Waals surface area contributed by atoms with Crippen molar-refractivity contribution in [3.8, 4) is 0 Å². The van der Waals surface area contributed by atoms with E-state index in [9.17, 15) is 19.5 Å². The molecule has 0 aromatic heterocycles. The lowest BCUT2D eigenvalue weighted by atomic mass is 9.90. The lowest BCUT2D eigenvalue weighted by Gasteiger charge is -2.39. The van der Waals surface area contributed by atoms with Crippen molar-refractivity contribution in [3.05, 3.63) is 36.0 Å². The van der Waals surface area contributed by atoms with E-state index in [-0.39, 0.29) is 48.4 Å². The third-order valence-electron chi connectivity index (χ3n) is 10.8. The molecule has 0 unspecified atom stereocenters. The number of amides is 2. The first-order chi connectivity index (χ1) is 23.5. The Kier molecular flexibility index (Phi) is 15.5. The van der Waals surface area contributed by atoms with E-state index in [1.54, 1.807) is 0 Å². The summed E-state index contributed by atoms with van der Waals surface area (Å²) in [4.78, 5) is 44.7. The number of likely N-dealkylation sites (tertiary alicyclic amines) is 1. The highest BCUT2D eigenvalue weighted by atomic mass is 16.6. The Labute approximate surface area is 294 Å². The molecular weight excluding hydrogens is 622 g/mol. The fourth-order valence-corrected chi connectivity index (χ4v) is 7.47. The van der Waals surface area contributed by atoms with Crippen LogP contribution in [0.3, 0.4) is 0 Å². The predicted octanol–water partition coefficient (Wildman–Crippen LogP) is 6.73. The fourth-order valence-electron chi connectivity index (χ4n) is 7.47. The highest BCUT2D eigenvalue weighted by Gasteiger charge is 2.31. The quantitative estimate of drug-likeness (QED) is 0.103. The highest BCUT2D eigenvalue weighted by molar-refractivity contribution is 5.70. The average molecular weight is 686 g/mol. The van der Waals surface area contributed by atoms with Crippen LogP contribution in [0.4, 0.5) is 9.59 Å². The van der Waals surface area contributed by atoms with Gasteiger partial charge in [0.2, 0.25) is 0 Å². The molecule has 0 bridgehead atoms. The molecule has 0 radical (unpaired) electrons. The molecule has 2 saturated heterocycles. The number of nitrogens with zero attached hydrogens (tertiary/aromatic N) is 3. The molecule has 1 saturated carbocycles. The minimum absolute atomic E-state index is 0.0192. The molecule has 7 atom stereocenters. The summed E-state index contributed by atoms with van der Waals surface area (Å²) in [7, 11) is 0. The van der Waals surface area contributed by atoms with Crippen molar-refractivity contribution in [3.63, 3.8) is 0 Å². The minimum atomic E-state index is -0.477. The van der Waals surface area contributed by atoms with E-state index >= 15 is 0 Å². The van der Waals surface area contributed by atoms with E-state index < -0.39 is 18.3 Å². The Bertz CT molecular complexity index is 1160. The number of aliphatic hydroxyl groups excluding tert-OH is 1. The molecule has 49 heavy (non-hydrogen) atoms. The van der Waals surface area contributed by atoms with Gasteiger partial charge in [0.25, 0.3) is 0 Å². The Morgan fingerprint density at radius 3 is 2.33 bits per heavy atom. The standard InChI is InChI=1S/C39H63N3O7/c1-28-15-16-30(3)35(48-39(46)41-23-21-40(22-24-41)33-13-8-6-7-9-14-33)18-17-32(5)37(49-36(44)25-28)31(4)12-10-11-29(2)27-47-38(45)42-20-19-34(43)26-42/h10-12,17-18,28-30,32-35,37,43H,6-9,13-16,19-27H2,1-5H3/b11-10+,18-17+,31-12+/t28-,29-,30+,32+,34-,35+,37-/m1/s1. The van der Waals surface area contributed by atoms with E-state index in [2.05, 4.69) is 18.7 Å². The van der Waals surface area contributed by atoms with Crippen LogP contribution in [0, 0.1) is 23.7 Å². The number of carbonyl (C=O) groups is 3. The molecule has 0 aromatic carbocycles. The van der Waals surface area contributed by atoms with Crippen molar-refractivity contribution in [1.82, 2.24) is 14.7 Å². The number of ether oxygens (including phenoxy) is 3. The van der Waals surface area contributed by atoms with Gasteiger partial charge in [-0.05, 0) is 62.5 Å². The van der Waals surface area contributed by atoms with Crippen molar-refractivity contribution in [2.75, 3.05) is 45.9 Å². The summed E-state index contributed by atoms with van der Waals surface area (Å²) in [6.45, 7) is 14.4. The van der Waals surface area contributed by atoms with Crippen LogP contribution in [0.25, 0.3) is 0 Å². The molecule has 2 amide bonds. The number of aliphatic hydroxyl groups is 1. The molecule has 276 valence electrons. The van der Waals surface area contributed by atoms with Gasteiger partial charge in [0, 0.05) is 63.6 Å². The molecule has 1 N–H and O–H groups in total. The number of hydrogen-bond acceptors (Lipinski definition) is 8. The first kappa shape index (κ1) is 38.9. The second-order valence-corrected chi connectivity index (χ2v) is 15.3. The lowest BCUT2D eigenvalue weighted by Crippen LogP contribution is -2.52. The number of hydrogen-bond donors (Lipinski definition) is 1. The maximum Gasteiger partial charge on any atom is 0.410 e. The molecule has 1 aliphatic carbocycles. The first-order valence-corrected chi connectivity index (χ1v) is 19.0. The Balaban J connectivity index is 1.36. The third kappa shape index (κ3) is 12.5. The van der Waals surface area contributed by atoms with Gasteiger partial charge in [-0.25, -0.2) is 9.59 Å². The van der Waals surface area contributed by atoms with E-state index in [0.29, 0.717) is 45.1 Å². The number of carbonyl (C=O) groups excluding carboxylic acids is 3. The topological polar surface area (TPSA) is 109 Å². The molecule has 3 aliphatic heterocycles. The van der Waals surface area contributed by atoms with Gasteiger partial charge < -0.3 is 29.1 Å². The zero-order chi connectivity index (χ0) is 35.3. The van der Waals surface area contributed by atoms with Gasteiger partial charge in [0.15, 0.2) is 0 Å². The molecule has 4 aliphatic rings. The molecule has 0 aromatic rings. The smallest absolute Gasteiger partial charge is 0.410 e. The second kappa shape index (κ2) is 19.5. The fraction of sp³-hybridized carbons (Fsp3) is 0.769. The number of piperazine rings is 1. The summed E-state index contributed by atoms with van der Waals surface area (Å²) in [6, 6.07) is 0.651. The second-order valence-electron chi connectivity index (χ2n) is 15.3. The van der Waals surface area contributed by atoms with E-state index in [1.165, 1.54) is 43.4 Å². The molecule has 4 rings (SSSR count). The van der Waals surface area contributed by atoms with Crippen LogP contribution in [0.15, 0.2) is 36.0 Å². The van der Waals surface area contributed by atoms with Gasteiger partial charge in [-0.1, -0.05) is 77.7 Å². The van der Waals surface area contributed by atoms with E-state index in [0.717, 1.165) is 31.5 Å². The van der Waals surface area contributed by atoms with Crippen LogP contribution in [-0.2, 0) is 19.0 Å². The molecule has 0 spiro atoms. The Morgan fingerprint density at radius 2 is 1.65 bits per heavy atom. The van der Waals surface area contributed by atoms with E-state index in [1.807, 2.05) is 56.1 Å². The zero-order valence-corrected chi connectivity index (χ0v) is 30.8. The van der Waals surface area contributed by atoms with Gasteiger partial charge in [-0.2, -0.15) is 0 Å². The van der Waals surface area contributed by atoms with Crippen LogP contribution in [0.2, 0.25) is 0 Å². The van der Waals surface area contributed by atoms with Crippen molar-refractivity contribution < 1.29 is 33.7 Å². The largest absolute Gasteiger partial charge is 0.457 e. The van der Waals surface area contributed by atoms with Gasteiger partial charge in [-0.3, -0.25) is 9.69 Å². The summed E-state index contributed by atoms with van der Waals surface area (Å²) in [5.41, 5.74) is 0.898. The monoisotopic (exact) mass is 685 g/mol. The summed E-state index contributed by atoms with van der Waals surface area (Å²) in [5.74, 6) is -0.106. The summed E-state index contributed by atoms with van der Waals surface area (Å²) in [5, 5.41) is 9.67. The average Bonchev–Trinajstić information content (AvgIpc) is 3.34. The molecule has 10 heteroatoms. The molecule has 10 nitrogen and oxygen atoms in total.